The molecule has 8 nitrogen and oxygen atoms in total. The first-order valence-electron chi connectivity index (χ1n) is 10.0. The van der Waals surface area contributed by atoms with Gasteiger partial charge in [-0.3, -0.25) is 14.2 Å². The monoisotopic (exact) mass is 551 g/mol. The Morgan fingerprint density at radius 1 is 1.09 bits per heavy atom. The van der Waals surface area contributed by atoms with E-state index in [2.05, 4.69) is 20.9 Å². The maximum Gasteiger partial charge on any atom is 0.269 e. The van der Waals surface area contributed by atoms with Gasteiger partial charge in [-0.05, 0) is 35.6 Å². The van der Waals surface area contributed by atoms with Crippen LogP contribution in [0.25, 0.3) is 10.5 Å². The number of allylic oxidation sites excluding steroid dienone is 1. The van der Waals surface area contributed by atoms with Crippen molar-refractivity contribution in [2.75, 3.05) is 0 Å². The molecule has 12 heteroatoms. The number of nitrogens with zero attached hydrogens (tertiary/aromatic N) is 3. The number of carbonyl (C=O) groups is 1. The summed E-state index contributed by atoms with van der Waals surface area (Å²) in [7, 11) is 0. The minimum atomic E-state index is -1.00. The highest BCUT2D eigenvalue weighted by Crippen LogP contribution is 2.24. The first-order chi connectivity index (χ1) is 16.7. The van der Waals surface area contributed by atoms with Gasteiger partial charge in [0.1, 0.15) is 11.5 Å². The molecule has 0 saturated heterocycles. The highest BCUT2D eigenvalue weighted by atomic mass is 35.5. The molecular weight excluding hydrogens is 536 g/mol. The number of amides is 1. The van der Waals surface area contributed by atoms with Crippen molar-refractivity contribution < 1.29 is 15.6 Å². The minimum Gasteiger partial charge on any atom is -0.867 e. The van der Waals surface area contributed by atoms with Crippen molar-refractivity contribution in [3.63, 3.8) is 0 Å². The number of quaternary nitrogens is 1. The SMILES string of the molecule is [C-]#[N+]C1=CCn2c1nc(C(=O)NCc1ccc(Cl)c(Cl)c1)c([O-])c2=O.[NH3+]Cc1ccc(Cl)c(Cl)c1. The number of fused-ring (bicyclic) bond motifs is 1. The van der Waals surface area contributed by atoms with Crippen LogP contribution in [0.2, 0.25) is 20.1 Å². The lowest BCUT2D eigenvalue weighted by molar-refractivity contribution is -0.386. The molecule has 0 aliphatic carbocycles. The summed E-state index contributed by atoms with van der Waals surface area (Å²) >= 11 is 23.1. The van der Waals surface area contributed by atoms with Gasteiger partial charge in [0.15, 0.2) is 0 Å². The topological polar surface area (TPSA) is 119 Å². The molecule has 1 aliphatic heterocycles. The molecular formula is C23H17Cl4N5O3. The summed E-state index contributed by atoms with van der Waals surface area (Å²) in [6, 6.07) is 10.4. The highest BCUT2D eigenvalue weighted by Gasteiger charge is 2.22. The van der Waals surface area contributed by atoms with Gasteiger partial charge in [0.2, 0.25) is 11.3 Å². The van der Waals surface area contributed by atoms with E-state index in [0.29, 0.717) is 25.7 Å². The van der Waals surface area contributed by atoms with Crippen molar-refractivity contribution >= 4 is 58.0 Å². The van der Waals surface area contributed by atoms with Crippen LogP contribution in [-0.4, -0.2) is 15.5 Å². The number of halogens is 4. The Labute approximate surface area is 220 Å². The third-order valence-electron chi connectivity index (χ3n) is 4.87. The Balaban J connectivity index is 0.000000287. The van der Waals surface area contributed by atoms with Crippen LogP contribution in [0.5, 0.6) is 5.75 Å². The molecule has 3 aromatic rings. The van der Waals surface area contributed by atoms with Gasteiger partial charge in [-0.25, -0.2) is 9.83 Å². The molecule has 35 heavy (non-hydrogen) atoms. The van der Waals surface area contributed by atoms with E-state index in [-0.39, 0.29) is 24.6 Å². The van der Waals surface area contributed by atoms with Gasteiger partial charge in [0, 0.05) is 18.7 Å². The summed E-state index contributed by atoms with van der Waals surface area (Å²) in [5, 5.41) is 16.5. The molecule has 0 bridgehead atoms. The van der Waals surface area contributed by atoms with Gasteiger partial charge in [-0.15, -0.1) is 0 Å². The molecule has 0 radical (unpaired) electrons. The smallest absolute Gasteiger partial charge is 0.269 e. The molecule has 0 saturated carbocycles. The average Bonchev–Trinajstić information content (AvgIpc) is 3.27. The van der Waals surface area contributed by atoms with Crippen LogP contribution in [0.1, 0.15) is 27.4 Å². The van der Waals surface area contributed by atoms with Gasteiger partial charge in [-0.1, -0.05) is 64.6 Å². The second kappa shape index (κ2) is 11.6. The third kappa shape index (κ3) is 6.14. The first-order valence-corrected chi connectivity index (χ1v) is 11.5. The summed E-state index contributed by atoms with van der Waals surface area (Å²) in [5.41, 5.74) is 4.22. The van der Waals surface area contributed by atoms with E-state index in [1.807, 2.05) is 12.1 Å². The number of benzene rings is 2. The molecule has 180 valence electrons. The second-order valence-corrected chi connectivity index (χ2v) is 8.79. The van der Waals surface area contributed by atoms with Gasteiger partial charge >= 0.3 is 0 Å². The number of rotatable bonds is 4. The van der Waals surface area contributed by atoms with Crippen LogP contribution in [0.15, 0.2) is 47.3 Å². The zero-order valence-electron chi connectivity index (χ0n) is 17.9. The molecule has 4 N–H and O–H groups in total. The van der Waals surface area contributed by atoms with Crippen molar-refractivity contribution in [1.82, 2.24) is 14.9 Å². The summed E-state index contributed by atoms with van der Waals surface area (Å²) in [5.74, 6) is -1.78. The summed E-state index contributed by atoms with van der Waals surface area (Å²) in [6.07, 6.45) is 1.48. The van der Waals surface area contributed by atoms with Crippen LogP contribution >= 0.6 is 46.4 Å². The van der Waals surface area contributed by atoms with Gasteiger partial charge < -0.3 is 16.2 Å². The second-order valence-electron chi connectivity index (χ2n) is 7.16. The molecule has 1 aliphatic rings. The van der Waals surface area contributed by atoms with Crippen LogP contribution in [-0.2, 0) is 19.6 Å². The third-order valence-corrected chi connectivity index (χ3v) is 6.35. The maximum absolute atomic E-state index is 12.3. The lowest BCUT2D eigenvalue weighted by Gasteiger charge is -2.15. The molecule has 1 aromatic heterocycles. The van der Waals surface area contributed by atoms with E-state index in [1.165, 1.54) is 6.08 Å². The molecule has 2 aromatic carbocycles. The molecule has 1 amide bonds. The van der Waals surface area contributed by atoms with Crippen molar-refractivity contribution in [3.8, 4) is 5.75 Å². The minimum absolute atomic E-state index is 0.0271. The number of carbonyl (C=O) groups excluding carboxylic acids is 1. The fourth-order valence-corrected chi connectivity index (χ4v) is 3.67. The Hall–Kier alpha value is -3.06. The molecule has 0 unspecified atom stereocenters. The molecule has 0 spiro atoms. The number of nitrogens with one attached hydrogen (secondary N) is 1. The van der Waals surface area contributed by atoms with Crippen LogP contribution in [0.4, 0.5) is 0 Å². The van der Waals surface area contributed by atoms with E-state index in [0.717, 1.165) is 16.7 Å². The van der Waals surface area contributed by atoms with E-state index < -0.39 is 22.9 Å². The number of hydrogen-bond donors (Lipinski definition) is 2. The normalized spacial score (nSPS) is 11.6. The molecule has 2 heterocycles. The lowest BCUT2D eigenvalue weighted by Crippen LogP contribution is -2.47. The number of hydrogen-bond acceptors (Lipinski definition) is 4. The first kappa shape index (κ1) is 26.5. The standard InChI is InChI=1S/C16H10Cl2N4O3.C7H7Cl2N/c1-19-11-4-5-22-14(11)21-12(13(23)16(22)25)15(24)20-7-8-2-3-9(17)10(18)6-8;8-6-2-1-5(4-10)3-7(6)9/h2-4,6,23H,5,7H2,(H,20,24);1-3H,4,10H2. The van der Waals surface area contributed by atoms with Gasteiger partial charge in [-0.2, -0.15) is 0 Å². The lowest BCUT2D eigenvalue weighted by atomic mass is 10.2. The zero-order valence-corrected chi connectivity index (χ0v) is 21.0. The fraction of sp³-hybridized carbons (Fsp3) is 0.130. The quantitative estimate of drug-likeness (QED) is 0.481. The van der Waals surface area contributed by atoms with E-state index >= 15 is 0 Å². The fourth-order valence-electron chi connectivity index (χ4n) is 3.03. The average molecular weight is 553 g/mol. The van der Waals surface area contributed by atoms with Crippen molar-refractivity contribution in [2.45, 2.75) is 19.6 Å². The van der Waals surface area contributed by atoms with Crippen LogP contribution in [0.3, 0.4) is 0 Å². The Bertz CT molecular complexity index is 1430. The Morgan fingerprint density at radius 3 is 2.26 bits per heavy atom. The van der Waals surface area contributed by atoms with E-state index in [1.54, 1.807) is 24.3 Å². The summed E-state index contributed by atoms with van der Waals surface area (Å²) in [4.78, 5) is 31.5. The summed E-state index contributed by atoms with van der Waals surface area (Å²) < 4.78 is 1.07. The van der Waals surface area contributed by atoms with E-state index in [9.17, 15) is 14.7 Å². The highest BCUT2D eigenvalue weighted by molar-refractivity contribution is 6.42. The maximum atomic E-state index is 12.3. The molecule has 0 fully saturated rings. The van der Waals surface area contributed by atoms with Crippen molar-refractivity contribution in [3.05, 3.63) is 107 Å². The molecule has 4 rings (SSSR count). The van der Waals surface area contributed by atoms with Crippen LogP contribution < -0.4 is 21.7 Å². The van der Waals surface area contributed by atoms with Crippen LogP contribution in [0, 0.1) is 6.57 Å². The Kier molecular flexibility index (Phi) is 8.78. The predicted octanol–water partition coefficient (Wildman–Crippen LogP) is 3.56. The van der Waals surface area contributed by atoms with Gasteiger partial charge in [0.25, 0.3) is 5.91 Å². The molecule has 0 atom stereocenters. The van der Waals surface area contributed by atoms with E-state index in [4.69, 9.17) is 53.0 Å². The zero-order chi connectivity index (χ0) is 25.7. The predicted molar refractivity (Wildman–Crippen MR) is 133 cm³/mol. The Morgan fingerprint density at radius 2 is 1.69 bits per heavy atom. The largest absolute Gasteiger partial charge is 0.867 e. The number of aromatic nitrogens is 2. The van der Waals surface area contributed by atoms with Crippen molar-refractivity contribution in [2.24, 2.45) is 0 Å². The summed E-state index contributed by atoms with van der Waals surface area (Å²) in [6.45, 7) is 7.98. The van der Waals surface area contributed by atoms with Crippen molar-refractivity contribution in [1.29, 1.82) is 0 Å². The van der Waals surface area contributed by atoms with Gasteiger partial charge in [0.05, 0.1) is 33.2 Å².